The molecule has 0 aliphatic rings. The summed E-state index contributed by atoms with van der Waals surface area (Å²) in [6.07, 6.45) is 0. The lowest BCUT2D eigenvalue weighted by molar-refractivity contribution is 0.0570. The van der Waals surface area contributed by atoms with E-state index in [0.717, 1.165) is 0 Å². The molecule has 1 N–H and O–H groups in total. The standard InChI is InChI=1S/C11H18ClN3O4S/c1-5-15(7(2)6-19-4)11(16)9-10(20(12,17)18)8(3)13-14-9/h7H,5-6H2,1-4H3,(H,13,14). The van der Waals surface area contributed by atoms with E-state index >= 15 is 0 Å². The first-order chi connectivity index (χ1) is 9.23. The predicted octanol–water partition coefficient (Wildman–Crippen LogP) is 1.14. The van der Waals surface area contributed by atoms with Crippen LogP contribution in [-0.2, 0) is 13.8 Å². The number of carbonyl (C=O) groups is 1. The highest BCUT2D eigenvalue weighted by atomic mass is 35.7. The minimum atomic E-state index is -4.05. The van der Waals surface area contributed by atoms with Crippen LogP contribution in [0.4, 0.5) is 0 Å². The fourth-order valence-corrected chi connectivity index (χ4v) is 3.33. The van der Waals surface area contributed by atoms with Gasteiger partial charge in [0.25, 0.3) is 15.0 Å². The van der Waals surface area contributed by atoms with E-state index in [2.05, 4.69) is 10.2 Å². The number of methoxy groups -OCH3 is 1. The predicted molar refractivity (Wildman–Crippen MR) is 74.4 cm³/mol. The van der Waals surface area contributed by atoms with E-state index in [1.807, 2.05) is 0 Å². The van der Waals surface area contributed by atoms with Gasteiger partial charge in [-0.2, -0.15) is 5.10 Å². The van der Waals surface area contributed by atoms with E-state index in [1.54, 1.807) is 13.8 Å². The number of aromatic nitrogens is 2. The number of hydrogen-bond acceptors (Lipinski definition) is 5. The number of aromatic amines is 1. The molecular formula is C11H18ClN3O4S. The summed E-state index contributed by atoms with van der Waals surface area (Å²) in [4.78, 5) is 13.6. The van der Waals surface area contributed by atoms with Crippen molar-refractivity contribution in [1.29, 1.82) is 0 Å². The number of amides is 1. The van der Waals surface area contributed by atoms with E-state index in [4.69, 9.17) is 15.4 Å². The zero-order chi connectivity index (χ0) is 15.5. The van der Waals surface area contributed by atoms with Gasteiger partial charge in [-0.05, 0) is 20.8 Å². The van der Waals surface area contributed by atoms with Gasteiger partial charge >= 0.3 is 0 Å². The quantitative estimate of drug-likeness (QED) is 0.793. The number of nitrogens with one attached hydrogen (secondary N) is 1. The molecule has 7 nitrogen and oxygen atoms in total. The molecule has 0 fully saturated rings. The molecule has 1 atom stereocenters. The van der Waals surface area contributed by atoms with Gasteiger partial charge in [0.1, 0.15) is 4.90 Å². The highest BCUT2D eigenvalue weighted by Crippen LogP contribution is 2.23. The number of aryl methyl sites for hydroxylation is 1. The third-order valence-electron chi connectivity index (χ3n) is 2.88. The van der Waals surface area contributed by atoms with Gasteiger partial charge in [-0.15, -0.1) is 0 Å². The van der Waals surface area contributed by atoms with Crippen LogP contribution in [0.15, 0.2) is 4.90 Å². The number of ether oxygens (including phenoxy) is 1. The van der Waals surface area contributed by atoms with Crippen molar-refractivity contribution in [3.63, 3.8) is 0 Å². The van der Waals surface area contributed by atoms with Crippen LogP contribution >= 0.6 is 10.7 Å². The lowest BCUT2D eigenvalue weighted by Gasteiger charge is -2.26. The summed E-state index contributed by atoms with van der Waals surface area (Å²) < 4.78 is 28.1. The van der Waals surface area contributed by atoms with Crippen LogP contribution < -0.4 is 0 Å². The molecule has 1 aromatic rings. The van der Waals surface area contributed by atoms with Gasteiger partial charge in [0, 0.05) is 24.3 Å². The van der Waals surface area contributed by atoms with Gasteiger partial charge in [-0.3, -0.25) is 9.89 Å². The minimum absolute atomic E-state index is 0.192. The summed E-state index contributed by atoms with van der Waals surface area (Å²) in [6, 6.07) is -0.208. The van der Waals surface area contributed by atoms with Gasteiger partial charge < -0.3 is 9.64 Å². The number of nitrogens with zero attached hydrogens (tertiary/aromatic N) is 2. The molecule has 0 spiro atoms. The van der Waals surface area contributed by atoms with Gasteiger partial charge in [0.15, 0.2) is 5.69 Å². The van der Waals surface area contributed by atoms with Crippen LogP contribution in [0, 0.1) is 6.92 Å². The maximum atomic E-state index is 12.4. The van der Waals surface area contributed by atoms with Gasteiger partial charge in [0.05, 0.1) is 18.3 Å². The van der Waals surface area contributed by atoms with E-state index in [-0.39, 0.29) is 22.3 Å². The Morgan fingerprint density at radius 1 is 1.55 bits per heavy atom. The van der Waals surface area contributed by atoms with Crippen LogP contribution in [-0.4, -0.2) is 55.7 Å². The number of rotatable bonds is 6. The zero-order valence-electron chi connectivity index (χ0n) is 11.8. The van der Waals surface area contributed by atoms with Crippen LogP contribution in [0.3, 0.4) is 0 Å². The summed E-state index contributed by atoms with van der Waals surface area (Å²) >= 11 is 0. The van der Waals surface area contributed by atoms with Gasteiger partial charge in [-0.1, -0.05) is 0 Å². The highest BCUT2D eigenvalue weighted by Gasteiger charge is 2.30. The van der Waals surface area contributed by atoms with E-state index in [1.165, 1.54) is 18.9 Å². The topological polar surface area (TPSA) is 92.4 Å². The van der Waals surface area contributed by atoms with Crippen molar-refractivity contribution in [2.45, 2.75) is 31.7 Å². The van der Waals surface area contributed by atoms with Crippen LogP contribution in [0.1, 0.15) is 30.0 Å². The largest absolute Gasteiger partial charge is 0.383 e. The summed E-state index contributed by atoms with van der Waals surface area (Å²) in [5, 5.41) is 6.26. The van der Waals surface area contributed by atoms with Crippen molar-refractivity contribution in [2.75, 3.05) is 20.3 Å². The molecule has 0 radical (unpaired) electrons. The first kappa shape index (κ1) is 16.9. The van der Waals surface area contributed by atoms with Crippen molar-refractivity contribution >= 4 is 25.6 Å². The third-order valence-corrected chi connectivity index (χ3v) is 4.33. The SMILES string of the molecule is CCN(C(=O)c1n[nH]c(C)c1S(=O)(=O)Cl)C(C)COC. The Kier molecular flexibility index (Phi) is 5.55. The minimum Gasteiger partial charge on any atom is -0.383 e. The van der Waals surface area contributed by atoms with Crippen molar-refractivity contribution in [2.24, 2.45) is 0 Å². The molecule has 1 unspecified atom stereocenters. The Hall–Kier alpha value is -1.12. The monoisotopic (exact) mass is 323 g/mol. The Balaban J connectivity index is 3.21. The van der Waals surface area contributed by atoms with Crippen LogP contribution in [0.2, 0.25) is 0 Å². The van der Waals surface area contributed by atoms with Gasteiger partial charge in [-0.25, -0.2) is 8.42 Å². The summed E-state index contributed by atoms with van der Waals surface area (Å²) in [7, 11) is 2.84. The Bertz CT molecular complexity index is 584. The smallest absolute Gasteiger partial charge is 0.276 e. The van der Waals surface area contributed by atoms with E-state index in [0.29, 0.717) is 13.2 Å². The molecule has 114 valence electrons. The molecule has 0 saturated carbocycles. The molecule has 20 heavy (non-hydrogen) atoms. The number of hydrogen-bond donors (Lipinski definition) is 1. The maximum Gasteiger partial charge on any atom is 0.276 e. The summed E-state index contributed by atoms with van der Waals surface area (Å²) in [6.45, 7) is 5.83. The fourth-order valence-electron chi connectivity index (χ4n) is 1.98. The molecule has 0 aliphatic carbocycles. The maximum absolute atomic E-state index is 12.4. The second-order valence-electron chi connectivity index (χ2n) is 4.36. The van der Waals surface area contributed by atoms with Crippen molar-refractivity contribution in [3.05, 3.63) is 11.4 Å². The second-order valence-corrected chi connectivity index (χ2v) is 6.86. The Morgan fingerprint density at radius 3 is 2.60 bits per heavy atom. The molecule has 1 amide bonds. The second kappa shape index (κ2) is 6.55. The van der Waals surface area contributed by atoms with Crippen molar-refractivity contribution in [3.8, 4) is 0 Å². The van der Waals surface area contributed by atoms with Gasteiger partial charge in [0.2, 0.25) is 0 Å². The number of halogens is 1. The van der Waals surface area contributed by atoms with E-state index in [9.17, 15) is 13.2 Å². The van der Waals surface area contributed by atoms with Crippen molar-refractivity contribution < 1.29 is 17.9 Å². The number of likely N-dealkylation sites (N-methyl/N-ethyl adjacent to an activating group) is 1. The molecule has 1 rings (SSSR count). The number of carbonyl (C=O) groups excluding carboxylic acids is 1. The normalized spacial score (nSPS) is 13.2. The van der Waals surface area contributed by atoms with Crippen LogP contribution in [0.5, 0.6) is 0 Å². The zero-order valence-corrected chi connectivity index (χ0v) is 13.4. The lowest BCUT2D eigenvalue weighted by Crippen LogP contribution is -2.41. The fraction of sp³-hybridized carbons (Fsp3) is 0.636. The molecule has 0 aromatic carbocycles. The summed E-state index contributed by atoms with van der Waals surface area (Å²) in [5.41, 5.74) is 0.0427. The molecule has 0 saturated heterocycles. The Morgan fingerprint density at radius 2 is 2.15 bits per heavy atom. The Labute approximate surface area is 122 Å². The summed E-state index contributed by atoms with van der Waals surface area (Å²) in [5.74, 6) is -0.499. The third kappa shape index (κ3) is 3.50. The average Bonchev–Trinajstić information content (AvgIpc) is 2.72. The van der Waals surface area contributed by atoms with Crippen LogP contribution in [0.25, 0.3) is 0 Å². The lowest BCUT2D eigenvalue weighted by atomic mass is 10.2. The molecule has 0 bridgehead atoms. The number of H-pyrrole nitrogens is 1. The van der Waals surface area contributed by atoms with Crippen molar-refractivity contribution in [1.82, 2.24) is 15.1 Å². The first-order valence-corrected chi connectivity index (χ1v) is 8.34. The highest BCUT2D eigenvalue weighted by molar-refractivity contribution is 8.13. The molecule has 9 heteroatoms. The molecule has 1 heterocycles. The average molecular weight is 324 g/mol. The molecule has 0 aliphatic heterocycles. The van der Waals surface area contributed by atoms with E-state index < -0.39 is 15.0 Å². The molecular weight excluding hydrogens is 306 g/mol. The molecule has 1 aromatic heterocycles. The first-order valence-electron chi connectivity index (χ1n) is 6.03.